The van der Waals surface area contributed by atoms with E-state index in [0.717, 1.165) is 32.1 Å². The first-order chi connectivity index (χ1) is 20.0. The number of carbonyl (C=O) groups excluding carboxylic acids is 3. The maximum atomic E-state index is 13.6. The van der Waals surface area contributed by atoms with Crippen LogP contribution < -0.4 is 9.47 Å². The van der Waals surface area contributed by atoms with E-state index in [2.05, 4.69) is 0 Å². The number of benzene rings is 2. The lowest BCUT2D eigenvalue weighted by atomic mass is 9.95. The first-order valence-corrected chi connectivity index (χ1v) is 14.5. The topological polar surface area (TPSA) is 129 Å². The molecule has 10 nitrogen and oxygen atoms in total. The predicted octanol–water partition coefficient (Wildman–Crippen LogP) is 3.47. The van der Waals surface area contributed by atoms with Crippen molar-refractivity contribution in [3.05, 3.63) is 58.7 Å². The smallest absolute Gasteiger partial charge is 0.333 e. The lowest BCUT2D eigenvalue weighted by Crippen LogP contribution is -2.50. The van der Waals surface area contributed by atoms with Crippen LogP contribution >= 0.6 is 0 Å². The highest BCUT2D eigenvalue weighted by atomic mass is 16.6. The Kier molecular flexibility index (Phi) is 10.6. The molecule has 4 unspecified atom stereocenters. The van der Waals surface area contributed by atoms with Crippen molar-refractivity contribution >= 4 is 17.8 Å². The Labute approximate surface area is 247 Å². The van der Waals surface area contributed by atoms with Gasteiger partial charge in [0, 0.05) is 12.3 Å². The van der Waals surface area contributed by atoms with Gasteiger partial charge in [0.25, 0.3) is 0 Å². The molecule has 2 aromatic rings. The summed E-state index contributed by atoms with van der Waals surface area (Å²) < 4.78 is 16.7. The molecule has 4 amide bonds. The van der Waals surface area contributed by atoms with E-state index in [1.165, 1.54) is 0 Å². The molecular formula is C32H42N2O8. The van der Waals surface area contributed by atoms with Gasteiger partial charge in [0.2, 0.25) is 11.8 Å². The molecule has 0 radical (unpaired) electrons. The predicted molar refractivity (Wildman–Crippen MR) is 155 cm³/mol. The van der Waals surface area contributed by atoms with E-state index in [9.17, 15) is 24.6 Å². The van der Waals surface area contributed by atoms with Gasteiger partial charge in [0.15, 0.2) is 0 Å². The van der Waals surface area contributed by atoms with Crippen LogP contribution in [0.3, 0.4) is 0 Å². The van der Waals surface area contributed by atoms with Gasteiger partial charge in [0.05, 0.1) is 31.9 Å². The van der Waals surface area contributed by atoms with E-state index in [1.54, 1.807) is 0 Å². The fraction of sp³-hybridized carbons (Fsp3) is 0.531. The molecule has 228 valence electrons. The van der Waals surface area contributed by atoms with E-state index in [1.807, 2.05) is 64.1 Å². The lowest BCUT2D eigenvalue weighted by Gasteiger charge is -2.27. The van der Waals surface area contributed by atoms with Crippen LogP contribution in [0.5, 0.6) is 11.5 Å². The molecule has 10 heteroatoms. The summed E-state index contributed by atoms with van der Waals surface area (Å²) in [5.74, 6) is -0.451. The van der Waals surface area contributed by atoms with Crippen molar-refractivity contribution in [2.24, 2.45) is 5.92 Å². The monoisotopic (exact) mass is 582 g/mol. The Morgan fingerprint density at radius 1 is 0.833 bits per heavy atom. The Morgan fingerprint density at radius 2 is 1.36 bits per heavy atom. The molecule has 0 bridgehead atoms. The third-order valence-corrected chi connectivity index (χ3v) is 7.35. The fourth-order valence-corrected chi connectivity index (χ4v) is 5.29. The zero-order valence-corrected chi connectivity index (χ0v) is 24.9. The average molecular weight is 583 g/mol. The molecule has 2 aliphatic rings. The number of urea groups is 1. The van der Waals surface area contributed by atoms with Crippen molar-refractivity contribution < 1.29 is 38.8 Å². The van der Waals surface area contributed by atoms with Crippen LogP contribution in [-0.2, 0) is 14.3 Å². The van der Waals surface area contributed by atoms with Gasteiger partial charge in [-0.1, -0.05) is 12.1 Å². The maximum absolute atomic E-state index is 13.6. The normalized spacial score (nSPS) is 20.4. The Hall–Kier alpha value is -3.47. The first-order valence-electron chi connectivity index (χ1n) is 14.5. The zero-order chi connectivity index (χ0) is 30.4. The van der Waals surface area contributed by atoms with Gasteiger partial charge < -0.3 is 24.4 Å². The van der Waals surface area contributed by atoms with Crippen molar-refractivity contribution in [2.45, 2.75) is 71.7 Å². The van der Waals surface area contributed by atoms with Crippen LogP contribution in [0, 0.1) is 33.6 Å². The summed E-state index contributed by atoms with van der Waals surface area (Å²) in [5.41, 5.74) is 4.16. The fourth-order valence-electron chi connectivity index (χ4n) is 5.29. The molecule has 0 saturated carbocycles. The van der Waals surface area contributed by atoms with Crippen LogP contribution in [0.15, 0.2) is 36.4 Å². The second-order valence-electron chi connectivity index (χ2n) is 11.6. The van der Waals surface area contributed by atoms with Crippen molar-refractivity contribution in [1.82, 2.24) is 9.80 Å². The number of hydrogen-bond donors (Lipinski definition) is 2. The lowest BCUT2D eigenvalue weighted by molar-refractivity contribution is -0.135. The van der Waals surface area contributed by atoms with Crippen molar-refractivity contribution in [2.75, 3.05) is 32.9 Å². The summed E-state index contributed by atoms with van der Waals surface area (Å²) in [6.07, 6.45) is -1.16. The maximum Gasteiger partial charge on any atom is 0.333 e. The first kappa shape index (κ1) is 31.5. The SMILES string of the molecule is Cc1cc(C)cc(OCC(O)CCCC2CC(=O)N(CC3CO3)C(=O)N(CC(O)COc3cc(C)cc(C)c3)C2=O)c1. The van der Waals surface area contributed by atoms with E-state index < -0.39 is 36.0 Å². The molecule has 42 heavy (non-hydrogen) atoms. The van der Waals surface area contributed by atoms with Gasteiger partial charge in [-0.05, 0) is 93.5 Å². The molecule has 2 fully saturated rings. The minimum Gasteiger partial charge on any atom is -0.491 e. The van der Waals surface area contributed by atoms with E-state index >= 15 is 0 Å². The van der Waals surface area contributed by atoms with Gasteiger partial charge in [-0.15, -0.1) is 0 Å². The van der Waals surface area contributed by atoms with Gasteiger partial charge >= 0.3 is 6.03 Å². The highest BCUT2D eigenvalue weighted by Gasteiger charge is 2.42. The molecule has 0 aromatic heterocycles. The molecule has 2 aromatic carbocycles. The third kappa shape index (κ3) is 9.01. The number of carbonyl (C=O) groups is 3. The Bertz CT molecular complexity index is 1240. The number of imide groups is 2. The summed E-state index contributed by atoms with van der Waals surface area (Å²) in [4.78, 5) is 42.0. The number of hydrogen-bond acceptors (Lipinski definition) is 8. The summed E-state index contributed by atoms with van der Waals surface area (Å²) >= 11 is 0. The van der Waals surface area contributed by atoms with Gasteiger partial charge in [-0.25, -0.2) is 4.79 Å². The zero-order valence-electron chi connectivity index (χ0n) is 24.9. The summed E-state index contributed by atoms with van der Waals surface area (Å²) in [5, 5.41) is 21.2. The average Bonchev–Trinajstić information content (AvgIpc) is 3.74. The van der Waals surface area contributed by atoms with Crippen LogP contribution in [0.1, 0.15) is 47.9 Å². The minimum absolute atomic E-state index is 0.0673. The van der Waals surface area contributed by atoms with Crippen molar-refractivity contribution in [3.8, 4) is 11.5 Å². The van der Waals surface area contributed by atoms with Crippen LogP contribution in [-0.4, -0.2) is 89.1 Å². The van der Waals surface area contributed by atoms with Crippen molar-refractivity contribution in [3.63, 3.8) is 0 Å². The van der Waals surface area contributed by atoms with E-state index in [-0.39, 0.29) is 38.8 Å². The number of amides is 4. The number of β-amino-alcohol motifs (C(OH)–C–C–N with tert-alkyl or cyclic N) is 1. The number of nitrogens with zero attached hydrogens (tertiary/aromatic N) is 2. The summed E-state index contributed by atoms with van der Waals surface area (Å²) in [7, 11) is 0. The molecule has 2 saturated heterocycles. The number of aliphatic hydroxyl groups excluding tert-OH is 2. The van der Waals surface area contributed by atoms with Crippen LogP contribution in [0.4, 0.5) is 4.79 Å². The largest absolute Gasteiger partial charge is 0.491 e. The molecule has 4 atom stereocenters. The molecule has 2 heterocycles. The standard InChI is InChI=1S/C32H42N2O8/c1-20-8-21(2)11-27(10-20)40-17-25(35)7-5-6-24-14-30(37)33(16-29-19-42-29)32(39)34(31(24)38)15-26(36)18-41-28-12-22(3)9-23(4)13-28/h8-13,24-26,29,35-36H,5-7,14-19H2,1-4H3. The highest BCUT2D eigenvalue weighted by Crippen LogP contribution is 2.26. The molecule has 4 rings (SSSR count). The Balaban J connectivity index is 1.35. The molecule has 0 spiro atoms. The number of rotatable bonds is 14. The molecular weight excluding hydrogens is 540 g/mol. The third-order valence-electron chi connectivity index (χ3n) is 7.35. The second kappa shape index (κ2) is 14.1. The number of ether oxygens (including phenoxy) is 3. The van der Waals surface area contributed by atoms with Crippen LogP contribution in [0.2, 0.25) is 0 Å². The highest BCUT2D eigenvalue weighted by molar-refractivity contribution is 6.06. The molecule has 2 aliphatic heterocycles. The molecule has 0 aliphatic carbocycles. The Morgan fingerprint density at radius 3 is 1.88 bits per heavy atom. The second-order valence-corrected chi connectivity index (χ2v) is 11.6. The minimum atomic E-state index is -1.16. The van der Waals surface area contributed by atoms with Gasteiger partial charge in [-0.3, -0.25) is 19.4 Å². The van der Waals surface area contributed by atoms with Gasteiger partial charge in [-0.2, -0.15) is 0 Å². The number of epoxide rings is 1. The molecule has 2 N–H and O–H groups in total. The van der Waals surface area contributed by atoms with E-state index in [4.69, 9.17) is 14.2 Å². The number of aliphatic hydroxyl groups is 2. The summed E-state index contributed by atoms with van der Waals surface area (Å²) in [6.45, 7) is 8.02. The number of aryl methyl sites for hydroxylation is 4. The van der Waals surface area contributed by atoms with Gasteiger partial charge in [0.1, 0.15) is 30.8 Å². The van der Waals surface area contributed by atoms with E-state index in [0.29, 0.717) is 37.4 Å². The van der Waals surface area contributed by atoms with Crippen molar-refractivity contribution in [1.29, 1.82) is 0 Å². The quantitative estimate of drug-likeness (QED) is 0.324. The summed E-state index contributed by atoms with van der Waals surface area (Å²) in [6, 6.07) is 10.8. The van der Waals surface area contributed by atoms with Crippen LogP contribution in [0.25, 0.3) is 0 Å².